The molecule has 140 valence electrons. The summed E-state index contributed by atoms with van der Waals surface area (Å²) in [4.78, 5) is 26.0. The molecule has 0 unspecified atom stereocenters. The Morgan fingerprint density at radius 2 is 1.68 bits per heavy atom. The highest BCUT2D eigenvalue weighted by atomic mass is 32.1. The zero-order valence-electron chi connectivity index (χ0n) is 15.3. The van der Waals surface area contributed by atoms with Gasteiger partial charge in [0.2, 0.25) is 5.78 Å². The molecule has 4 nitrogen and oxygen atoms in total. The second-order valence-electron chi connectivity index (χ2n) is 6.53. The Hall–Kier alpha value is -3.18. The number of amides is 1. The average Bonchev–Trinajstić information content (AvgIpc) is 3.41. The quantitative estimate of drug-likeness (QED) is 0.367. The minimum absolute atomic E-state index is 0.112. The second-order valence-corrected chi connectivity index (χ2v) is 7.48. The third-order valence-electron chi connectivity index (χ3n) is 4.70. The van der Waals surface area contributed by atoms with E-state index in [0.717, 1.165) is 13.0 Å². The number of ketones is 1. The Morgan fingerprint density at radius 3 is 2.50 bits per heavy atom. The van der Waals surface area contributed by atoms with E-state index in [1.807, 2.05) is 23.6 Å². The van der Waals surface area contributed by atoms with Crippen LogP contribution >= 0.6 is 11.3 Å². The van der Waals surface area contributed by atoms with Crippen molar-refractivity contribution in [3.8, 4) is 0 Å². The van der Waals surface area contributed by atoms with Crippen molar-refractivity contribution < 1.29 is 9.59 Å². The number of carbonyl (C=O) groups excluding carboxylic acids is 2. The third kappa shape index (κ3) is 3.75. The van der Waals surface area contributed by atoms with Crippen LogP contribution in [0.25, 0.3) is 10.9 Å². The summed E-state index contributed by atoms with van der Waals surface area (Å²) >= 11 is 1.38. The van der Waals surface area contributed by atoms with Gasteiger partial charge < -0.3 is 9.88 Å². The first kappa shape index (κ1) is 18.2. The molecule has 4 rings (SSSR count). The second kappa shape index (κ2) is 8.23. The van der Waals surface area contributed by atoms with E-state index in [0.29, 0.717) is 22.5 Å². The molecule has 4 aromatic rings. The summed E-state index contributed by atoms with van der Waals surface area (Å²) in [6, 6.07) is 21.0. The molecule has 0 saturated carbocycles. The molecule has 0 fully saturated rings. The topological polar surface area (TPSA) is 51.1 Å². The van der Waals surface area contributed by atoms with Gasteiger partial charge in [-0.15, -0.1) is 11.3 Å². The summed E-state index contributed by atoms with van der Waals surface area (Å²) in [5, 5.41) is 6.03. The average molecular weight is 388 g/mol. The van der Waals surface area contributed by atoms with Gasteiger partial charge in [0.25, 0.3) is 5.91 Å². The summed E-state index contributed by atoms with van der Waals surface area (Å²) in [7, 11) is 0. The van der Waals surface area contributed by atoms with E-state index in [1.54, 1.807) is 30.3 Å². The van der Waals surface area contributed by atoms with Crippen LogP contribution in [0.3, 0.4) is 0 Å². The minimum atomic E-state index is -0.210. The summed E-state index contributed by atoms with van der Waals surface area (Å²) in [6.07, 6.45) is 2.88. The first-order chi connectivity index (χ1) is 13.7. The molecular weight excluding hydrogens is 368 g/mol. The number of hydrogen-bond donors (Lipinski definition) is 1. The Labute approximate surface area is 167 Å². The lowest BCUT2D eigenvalue weighted by molar-refractivity contribution is 0.0941. The fraction of sp³-hybridized carbons (Fsp3) is 0.130. The maximum Gasteiger partial charge on any atom is 0.252 e. The van der Waals surface area contributed by atoms with Crippen molar-refractivity contribution in [2.45, 2.75) is 13.0 Å². The normalized spacial score (nSPS) is 10.9. The number of aromatic nitrogens is 1. The number of nitrogens with zero attached hydrogens (tertiary/aromatic N) is 1. The zero-order valence-corrected chi connectivity index (χ0v) is 16.1. The van der Waals surface area contributed by atoms with Gasteiger partial charge in [-0.25, -0.2) is 0 Å². The molecule has 2 aromatic heterocycles. The molecule has 28 heavy (non-hydrogen) atoms. The molecule has 0 saturated heterocycles. The molecule has 2 heterocycles. The number of nitrogens with one attached hydrogen (secondary N) is 1. The number of aryl methyl sites for hydroxylation is 1. The predicted molar refractivity (Wildman–Crippen MR) is 113 cm³/mol. The summed E-state index contributed by atoms with van der Waals surface area (Å²) in [5.41, 5.74) is 2.06. The van der Waals surface area contributed by atoms with Crippen LogP contribution in [0.2, 0.25) is 0 Å². The van der Waals surface area contributed by atoms with E-state index >= 15 is 0 Å². The molecule has 1 N–H and O–H groups in total. The van der Waals surface area contributed by atoms with Crippen LogP contribution in [0, 0.1) is 0 Å². The molecule has 5 heteroatoms. The van der Waals surface area contributed by atoms with Crippen molar-refractivity contribution in [2.24, 2.45) is 0 Å². The van der Waals surface area contributed by atoms with Gasteiger partial charge >= 0.3 is 0 Å². The monoisotopic (exact) mass is 388 g/mol. The minimum Gasteiger partial charge on any atom is -0.352 e. The van der Waals surface area contributed by atoms with Gasteiger partial charge in [0.05, 0.1) is 10.4 Å². The highest BCUT2D eigenvalue weighted by molar-refractivity contribution is 7.12. The van der Waals surface area contributed by atoms with E-state index in [4.69, 9.17) is 0 Å². The van der Waals surface area contributed by atoms with Gasteiger partial charge in [-0.1, -0.05) is 42.5 Å². The Balaban J connectivity index is 1.39. The number of hydrogen-bond acceptors (Lipinski definition) is 3. The number of rotatable bonds is 7. The summed E-state index contributed by atoms with van der Waals surface area (Å²) < 4.78 is 2.19. The first-order valence-corrected chi connectivity index (χ1v) is 10.1. The number of thiophene rings is 1. The molecule has 0 aliphatic rings. The van der Waals surface area contributed by atoms with Crippen molar-refractivity contribution in [2.75, 3.05) is 6.54 Å². The van der Waals surface area contributed by atoms with Gasteiger partial charge in [-0.3, -0.25) is 9.59 Å². The van der Waals surface area contributed by atoms with E-state index in [-0.39, 0.29) is 11.7 Å². The summed E-state index contributed by atoms with van der Waals surface area (Å²) in [5.74, 6) is -0.322. The number of carbonyl (C=O) groups is 2. The van der Waals surface area contributed by atoms with Crippen molar-refractivity contribution in [1.29, 1.82) is 0 Å². The third-order valence-corrected chi connectivity index (χ3v) is 5.57. The van der Waals surface area contributed by atoms with Gasteiger partial charge in [-0.05, 0) is 41.5 Å². The Morgan fingerprint density at radius 1 is 0.893 bits per heavy atom. The molecule has 0 bridgehead atoms. The molecule has 0 atom stereocenters. The molecule has 1 amide bonds. The largest absolute Gasteiger partial charge is 0.352 e. The van der Waals surface area contributed by atoms with E-state index < -0.39 is 0 Å². The lowest BCUT2D eigenvalue weighted by Crippen LogP contribution is -2.27. The Kier molecular flexibility index (Phi) is 5.35. The first-order valence-electron chi connectivity index (χ1n) is 9.23. The zero-order chi connectivity index (χ0) is 19.3. The van der Waals surface area contributed by atoms with Crippen LogP contribution in [0.15, 0.2) is 78.3 Å². The highest BCUT2D eigenvalue weighted by Gasteiger charge is 2.18. The van der Waals surface area contributed by atoms with Crippen LogP contribution < -0.4 is 5.32 Å². The van der Waals surface area contributed by atoms with Gasteiger partial charge in [0, 0.05) is 30.4 Å². The van der Waals surface area contributed by atoms with Gasteiger partial charge in [0.15, 0.2) is 0 Å². The molecule has 0 aliphatic carbocycles. The van der Waals surface area contributed by atoms with Crippen LogP contribution in [-0.2, 0) is 6.54 Å². The molecule has 0 aliphatic heterocycles. The standard InChI is InChI=1S/C23H20N2O2S/c26-22(21-11-5-16-28-21)18-8-2-3-9-19(18)23(27)24-13-6-14-25-15-12-17-7-1-4-10-20(17)25/h1-5,7-12,15-16H,6,13-14H2,(H,24,27). The van der Waals surface area contributed by atoms with Crippen LogP contribution in [0.5, 0.6) is 0 Å². The smallest absolute Gasteiger partial charge is 0.252 e. The van der Waals surface area contributed by atoms with E-state index in [1.165, 1.54) is 22.2 Å². The van der Waals surface area contributed by atoms with Crippen LogP contribution in [0.4, 0.5) is 0 Å². The molecular formula is C23H20N2O2S. The van der Waals surface area contributed by atoms with Gasteiger partial charge in [-0.2, -0.15) is 0 Å². The van der Waals surface area contributed by atoms with Crippen molar-refractivity contribution >= 4 is 33.9 Å². The lowest BCUT2D eigenvalue weighted by atomic mass is 10.0. The molecule has 2 aromatic carbocycles. The van der Waals surface area contributed by atoms with Crippen molar-refractivity contribution in [3.05, 3.63) is 94.3 Å². The van der Waals surface area contributed by atoms with Gasteiger partial charge in [0.1, 0.15) is 0 Å². The summed E-state index contributed by atoms with van der Waals surface area (Å²) in [6.45, 7) is 1.37. The fourth-order valence-corrected chi connectivity index (χ4v) is 3.98. The maximum absolute atomic E-state index is 12.7. The van der Waals surface area contributed by atoms with E-state index in [2.05, 4.69) is 34.3 Å². The lowest BCUT2D eigenvalue weighted by Gasteiger charge is -2.10. The van der Waals surface area contributed by atoms with Crippen molar-refractivity contribution in [3.63, 3.8) is 0 Å². The molecule has 0 spiro atoms. The SMILES string of the molecule is O=C(NCCCn1ccc2ccccc21)c1ccccc1C(=O)c1cccs1. The number of para-hydroxylation sites is 1. The van der Waals surface area contributed by atoms with Crippen LogP contribution in [-0.4, -0.2) is 22.8 Å². The van der Waals surface area contributed by atoms with Crippen molar-refractivity contribution in [1.82, 2.24) is 9.88 Å². The fourth-order valence-electron chi connectivity index (χ4n) is 3.30. The van der Waals surface area contributed by atoms with Crippen LogP contribution in [0.1, 0.15) is 32.0 Å². The number of benzene rings is 2. The Bertz CT molecular complexity index is 1110. The highest BCUT2D eigenvalue weighted by Crippen LogP contribution is 2.18. The maximum atomic E-state index is 12.7. The van der Waals surface area contributed by atoms with E-state index in [9.17, 15) is 9.59 Å². The predicted octanol–water partition coefficient (Wildman–Crippen LogP) is 4.75. The number of fused-ring (bicyclic) bond motifs is 1. The molecule has 0 radical (unpaired) electrons.